The van der Waals surface area contributed by atoms with Gasteiger partial charge in [0.2, 0.25) is 5.95 Å². The van der Waals surface area contributed by atoms with Gasteiger partial charge in [0.15, 0.2) is 0 Å². The van der Waals surface area contributed by atoms with Gasteiger partial charge in [-0.15, -0.1) is 0 Å². The minimum atomic E-state index is 0.609. The fourth-order valence-corrected chi connectivity index (χ4v) is 6.43. The summed E-state index contributed by atoms with van der Waals surface area (Å²) in [6.45, 7) is 0. The molecule has 0 atom stereocenters. The van der Waals surface area contributed by atoms with Gasteiger partial charge in [-0.3, -0.25) is 4.57 Å². The normalized spacial score (nSPS) is 11.8. The third kappa shape index (κ3) is 3.22. The van der Waals surface area contributed by atoms with Crippen LogP contribution in [0.4, 0.5) is 0 Å². The molecule has 0 bridgehead atoms. The van der Waals surface area contributed by atoms with Crippen molar-refractivity contribution >= 4 is 54.6 Å². The molecule has 0 unspecified atom stereocenters. The van der Waals surface area contributed by atoms with Crippen molar-refractivity contribution in [1.29, 1.82) is 0 Å². The average molecular weight is 538 g/mol. The van der Waals surface area contributed by atoms with E-state index in [4.69, 9.17) is 15.0 Å². The number of benzene rings is 5. The summed E-state index contributed by atoms with van der Waals surface area (Å²) in [6, 6.07) is 46.3. The third-order valence-corrected chi connectivity index (χ3v) is 8.18. The molecule has 0 saturated heterocycles. The smallest absolute Gasteiger partial charge is 0.237 e. The molecule has 0 aliphatic rings. The van der Waals surface area contributed by atoms with E-state index >= 15 is 0 Å². The van der Waals surface area contributed by atoms with E-state index in [9.17, 15) is 0 Å². The number of para-hydroxylation sites is 3. The predicted molar refractivity (Wildman–Crippen MR) is 171 cm³/mol. The van der Waals surface area contributed by atoms with Gasteiger partial charge in [0.1, 0.15) is 5.65 Å². The zero-order valence-corrected chi connectivity index (χ0v) is 22.5. The Labute approximate surface area is 241 Å². The molecule has 9 aromatic rings. The quantitative estimate of drug-likeness (QED) is 0.226. The van der Waals surface area contributed by atoms with E-state index in [1.165, 1.54) is 16.3 Å². The van der Waals surface area contributed by atoms with E-state index in [2.05, 4.69) is 106 Å². The number of nitrogens with zero attached hydrogens (tertiary/aromatic N) is 5. The van der Waals surface area contributed by atoms with Crippen molar-refractivity contribution in [3.8, 4) is 22.9 Å². The monoisotopic (exact) mass is 537 g/mol. The Morgan fingerprint density at radius 1 is 0.452 bits per heavy atom. The second-order valence-electron chi connectivity index (χ2n) is 10.5. The molecule has 5 aromatic carbocycles. The number of hydrogen-bond acceptors (Lipinski definition) is 3. The van der Waals surface area contributed by atoms with E-state index in [0.29, 0.717) is 5.95 Å². The summed E-state index contributed by atoms with van der Waals surface area (Å²) in [5.74, 6) is 0.609. The van der Waals surface area contributed by atoms with Gasteiger partial charge in [-0.1, -0.05) is 84.9 Å². The van der Waals surface area contributed by atoms with Crippen molar-refractivity contribution in [2.75, 3.05) is 0 Å². The highest BCUT2D eigenvalue weighted by molar-refractivity contribution is 6.28. The Hall–Kier alpha value is -5.81. The SMILES string of the molecule is c1ccc(-c2nc(-n3c4ccc5c(c6ccccc6n5-c5ccccc5)c4c4cccnc43)nc3ccccc23)cc1. The van der Waals surface area contributed by atoms with Crippen molar-refractivity contribution in [3.63, 3.8) is 0 Å². The van der Waals surface area contributed by atoms with Crippen LogP contribution in [0, 0.1) is 0 Å². The number of pyridine rings is 1. The molecule has 0 radical (unpaired) electrons. The van der Waals surface area contributed by atoms with Gasteiger partial charge in [0.05, 0.1) is 27.8 Å². The Balaban J connectivity index is 1.44. The van der Waals surface area contributed by atoms with Crippen molar-refractivity contribution in [1.82, 2.24) is 24.1 Å². The second kappa shape index (κ2) is 8.85. The molecule has 0 spiro atoms. The maximum absolute atomic E-state index is 5.22. The number of aromatic nitrogens is 5. The lowest BCUT2D eigenvalue weighted by Gasteiger charge is -2.11. The van der Waals surface area contributed by atoms with Gasteiger partial charge in [0.25, 0.3) is 0 Å². The lowest BCUT2D eigenvalue weighted by molar-refractivity contribution is 0.998. The summed E-state index contributed by atoms with van der Waals surface area (Å²) in [5.41, 5.74) is 8.19. The molecular weight excluding hydrogens is 514 g/mol. The van der Waals surface area contributed by atoms with Crippen LogP contribution in [-0.2, 0) is 0 Å². The molecule has 0 aliphatic heterocycles. The first-order chi connectivity index (χ1) is 20.9. The van der Waals surface area contributed by atoms with E-state index in [0.717, 1.165) is 55.3 Å². The molecule has 0 saturated carbocycles. The molecule has 0 aliphatic carbocycles. The van der Waals surface area contributed by atoms with Gasteiger partial charge >= 0.3 is 0 Å². The van der Waals surface area contributed by atoms with E-state index in [1.807, 2.05) is 42.6 Å². The van der Waals surface area contributed by atoms with Crippen LogP contribution in [0.2, 0.25) is 0 Å². The maximum Gasteiger partial charge on any atom is 0.237 e. The predicted octanol–water partition coefficient (Wildman–Crippen LogP) is 8.89. The second-order valence-corrected chi connectivity index (χ2v) is 10.5. The zero-order valence-electron chi connectivity index (χ0n) is 22.5. The fraction of sp³-hybridized carbons (Fsp3) is 0. The Morgan fingerprint density at radius 2 is 1.10 bits per heavy atom. The minimum absolute atomic E-state index is 0.609. The lowest BCUT2D eigenvalue weighted by atomic mass is 10.1. The Bertz CT molecular complexity index is 2450. The molecule has 0 amide bonds. The summed E-state index contributed by atoms with van der Waals surface area (Å²) in [5, 5.41) is 5.66. The average Bonchev–Trinajstić information content (AvgIpc) is 3.58. The minimum Gasteiger partial charge on any atom is -0.309 e. The summed E-state index contributed by atoms with van der Waals surface area (Å²) in [6.07, 6.45) is 1.85. The van der Waals surface area contributed by atoms with E-state index in [-0.39, 0.29) is 0 Å². The van der Waals surface area contributed by atoms with Crippen LogP contribution in [0.15, 0.2) is 140 Å². The van der Waals surface area contributed by atoms with Crippen LogP contribution in [-0.4, -0.2) is 24.1 Å². The van der Waals surface area contributed by atoms with Crippen LogP contribution in [0.3, 0.4) is 0 Å². The Morgan fingerprint density at radius 3 is 1.93 bits per heavy atom. The molecule has 42 heavy (non-hydrogen) atoms. The van der Waals surface area contributed by atoms with E-state index in [1.54, 1.807) is 0 Å². The zero-order chi connectivity index (χ0) is 27.6. The first-order valence-corrected chi connectivity index (χ1v) is 14.1. The van der Waals surface area contributed by atoms with Gasteiger partial charge in [-0.2, -0.15) is 0 Å². The summed E-state index contributed by atoms with van der Waals surface area (Å²) in [4.78, 5) is 15.2. The summed E-state index contributed by atoms with van der Waals surface area (Å²) >= 11 is 0. The fourth-order valence-electron chi connectivity index (χ4n) is 6.43. The molecule has 0 N–H and O–H groups in total. The molecule has 0 fully saturated rings. The molecule has 196 valence electrons. The van der Waals surface area contributed by atoms with Crippen LogP contribution in [0.5, 0.6) is 0 Å². The molecule has 5 heteroatoms. The van der Waals surface area contributed by atoms with Gasteiger partial charge < -0.3 is 4.57 Å². The molecule has 4 heterocycles. The van der Waals surface area contributed by atoms with Crippen LogP contribution >= 0.6 is 0 Å². The van der Waals surface area contributed by atoms with Gasteiger partial charge in [-0.25, -0.2) is 15.0 Å². The topological polar surface area (TPSA) is 48.5 Å². The maximum atomic E-state index is 5.22. The highest BCUT2D eigenvalue weighted by Gasteiger charge is 2.22. The van der Waals surface area contributed by atoms with Crippen molar-refractivity contribution in [3.05, 3.63) is 140 Å². The first-order valence-electron chi connectivity index (χ1n) is 14.1. The largest absolute Gasteiger partial charge is 0.309 e. The first kappa shape index (κ1) is 22.9. The molecule has 9 rings (SSSR count). The number of fused-ring (bicyclic) bond motifs is 8. The van der Waals surface area contributed by atoms with Crippen LogP contribution < -0.4 is 0 Å². The highest BCUT2D eigenvalue weighted by Crippen LogP contribution is 2.41. The standard InChI is InChI=1S/C37H23N5/c1-3-12-24(13-4-1)35-26-16-7-9-19-29(26)39-37(40-35)42-32-22-21-31-33(34(32)28-18-11-23-38-36(28)42)27-17-8-10-20-30(27)41(31)25-14-5-2-6-15-25/h1-23H. The summed E-state index contributed by atoms with van der Waals surface area (Å²) in [7, 11) is 0. The van der Waals surface area contributed by atoms with E-state index < -0.39 is 0 Å². The molecule has 4 aromatic heterocycles. The molecular formula is C37H23N5. The van der Waals surface area contributed by atoms with Crippen LogP contribution in [0.1, 0.15) is 0 Å². The number of hydrogen-bond donors (Lipinski definition) is 0. The van der Waals surface area contributed by atoms with Crippen molar-refractivity contribution < 1.29 is 0 Å². The van der Waals surface area contributed by atoms with Crippen LogP contribution in [0.25, 0.3) is 77.5 Å². The lowest BCUT2D eigenvalue weighted by Crippen LogP contribution is -2.04. The van der Waals surface area contributed by atoms with Gasteiger partial charge in [-0.05, 0) is 48.5 Å². The molecule has 5 nitrogen and oxygen atoms in total. The van der Waals surface area contributed by atoms with Crippen molar-refractivity contribution in [2.24, 2.45) is 0 Å². The van der Waals surface area contributed by atoms with Gasteiger partial charge in [0, 0.05) is 44.4 Å². The third-order valence-electron chi connectivity index (χ3n) is 8.18. The highest BCUT2D eigenvalue weighted by atomic mass is 15.2. The summed E-state index contributed by atoms with van der Waals surface area (Å²) < 4.78 is 4.47. The van der Waals surface area contributed by atoms with Crippen molar-refractivity contribution in [2.45, 2.75) is 0 Å². The number of rotatable bonds is 3. The Kier molecular flexibility index (Phi) is 4.83.